The molecule has 0 aliphatic carbocycles. The van der Waals surface area contributed by atoms with Crippen molar-refractivity contribution in [1.82, 2.24) is 0 Å². The maximum absolute atomic E-state index is 12.7. The zero-order valence-corrected chi connectivity index (χ0v) is 16.0. The van der Waals surface area contributed by atoms with Crippen molar-refractivity contribution in [2.24, 2.45) is 0 Å². The van der Waals surface area contributed by atoms with E-state index in [1.807, 2.05) is 38.1 Å². The predicted molar refractivity (Wildman–Crippen MR) is 107 cm³/mol. The molecule has 2 aromatic rings. The molecule has 2 rings (SSSR count). The molecule has 140 valence electrons. The fraction of sp³-hybridized carbons (Fsp3) is 0.381. The Morgan fingerprint density at radius 1 is 0.923 bits per heavy atom. The van der Waals surface area contributed by atoms with Gasteiger partial charge in [0.1, 0.15) is 11.5 Å². The van der Waals surface area contributed by atoms with Crippen molar-refractivity contribution >= 4 is 17.3 Å². The SMILES string of the molecule is CCOc1ccc(C(=O)Nc2ccc(N(CC)CC)cc2)c(OCC)c1. The lowest BCUT2D eigenvalue weighted by molar-refractivity contribution is 0.102. The summed E-state index contributed by atoms with van der Waals surface area (Å²) in [6.07, 6.45) is 0. The lowest BCUT2D eigenvalue weighted by atomic mass is 10.1. The van der Waals surface area contributed by atoms with Crippen LogP contribution in [-0.2, 0) is 0 Å². The molecule has 0 heterocycles. The van der Waals surface area contributed by atoms with Crippen molar-refractivity contribution in [2.75, 3.05) is 36.5 Å². The molecule has 0 fully saturated rings. The maximum atomic E-state index is 12.7. The molecule has 0 bridgehead atoms. The van der Waals surface area contributed by atoms with Crippen LogP contribution in [-0.4, -0.2) is 32.2 Å². The van der Waals surface area contributed by atoms with Gasteiger partial charge in [0.15, 0.2) is 0 Å². The smallest absolute Gasteiger partial charge is 0.259 e. The zero-order valence-electron chi connectivity index (χ0n) is 16.0. The normalized spacial score (nSPS) is 10.3. The Morgan fingerprint density at radius 2 is 1.58 bits per heavy atom. The minimum absolute atomic E-state index is 0.202. The second-order valence-corrected chi connectivity index (χ2v) is 5.70. The van der Waals surface area contributed by atoms with Crippen LogP contribution in [0.3, 0.4) is 0 Å². The van der Waals surface area contributed by atoms with Crippen molar-refractivity contribution in [1.29, 1.82) is 0 Å². The number of carbonyl (C=O) groups excluding carboxylic acids is 1. The second-order valence-electron chi connectivity index (χ2n) is 5.70. The molecule has 0 unspecified atom stereocenters. The molecule has 26 heavy (non-hydrogen) atoms. The zero-order chi connectivity index (χ0) is 18.9. The third-order valence-electron chi connectivity index (χ3n) is 4.06. The van der Waals surface area contributed by atoms with Crippen molar-refractivity contribution in [3.05, 3.63) is 48.0 Å². The Hall–Kier alpha value is -2.69. The third-order valence-corrected chi connectivity index (χ3v) is 4.06. The summed E-state index contributed by atoms with van der Waals surface area (Å²) < 4.78 is 11.1. The number of ether oxygens (including phenoxy) is 2. The van der Waals surface area contributed by atoms with E-state index in [0.717, 1.165) is 24.5 Å². The van der Waals surface area contributed by atoms with Crippen LogP contribution in [0, 0.1) is 0 Å². The van der Waals surface area contributed by atoms with Crippen LogP contribution in [0.15, 0.2) is 42.5 Å². The molecule has 0 saturated carbocycles. The average molecular weight is 356 g/mol. The number of hydrogen-bond acceptors (Lipinski definition) is 4. The largest absolute Gasteiger partial charge is 0.494 e. The molecule has 0 radical (unpaired) electrons. The highest BCUT2D eigenvalue weighted by atomic mass is 16.5. The van der Waals surface area contributed by atoms with Gasteiger partial charge < -0.3 is 19.7 Å². The van der Waals surface area contributed by atoms with Gasteiger partial charge in [-0.3, -0.25) is 4.79 Å². The second kappa shape index (κ2) is 9.70. The minimum Gasteiger partial charge on any atom is -0.494 e. The van der Waals surface area contributed by atoms with Crippen LogP contribution >= 0.6 is 0 Å². The Morgan fingerprint density at radius 3 is 2.15 bits per heavy atom. The van der Waals surface area contributed by atoms with E-state index in [4.69, 9.17) is 9.47 Å². The van der Waals surface area contributed by atoms with Gasteiger partial charge in [0.25, 0.3) is 5.91 Å². The van der Waals surface area contributed by atoms with Gasteiger partial charge in [0.2, 0.25) is 0 Å². The van der Waals surface area contributed by atoms with Gasteiger partial charge >= 0.3 is 0 Å². The number of nitrogens with zero attached hydrogens (tertiary/aromatic N) is 1. The highest BCUT2D eigenvalue weighted by Gasteiger charge is 2.14. The van der Waals surface area contributed by atoms with Crippen LogP contribution in [0.4, 0.5) is 11.4 Å². The molecule has 0 aliphatic heterocycles. The summed E-state index contributed by atoms with van der Waals surface area (Å²) in [5, 5.41) is 2.93. The van der Waals surface area contributed by atoms with E-state index in [-0.39, 0.29) is 5.91 Å². The van der Waals surface area contributed by atoms with E-state index in [1.165, 1.54) is 0 Å². The maximum Gasteiger partial charge on any atom is 0.259 e. The van der Waals surface area contributed by atoms with Gasteiger partial charge in [-0.1, -0.05) is 0 Å². The topological polar surface area (TPSA) is 50.8 Å². The molecule has 0 aliphatic rings. The Balaban J connectivity index is 2.16. The molecule has 1 amide bonds. The summed E-state index contributed by atoms with van der Waals surface area (Å²) in [4.78, 5) is 14.9. The number of nitrogens with one attached hydrogen (secondary N) is 1. The van der Waals surface area contributed by atoms with Crippen LogP contribution < -0.4 is 19.7 Å². The van der Waals surface area contributed by atoms with Gasteiger partial charge in [-0.2, -0.15) is 0 Å². The van der Waals surface area contributed by atoms with Crippen molar-refractivity contribution < 1.29 is 14.3 Å². The Bertz CT molecular complexity index is 710. The standard InChI is InChI=1S/C21H28N2O3/c1-5-23(6-2)17-11-9-16(10-12-17)22-21(24)19-14-13-18(25-7-3)15-20(19)26-8-4/h9-15H,5-8H2,1-4H3,(H,22,24). The fourth-order valence-corrected chi connectivity index (χ4v) is 2.76. The number of amides is 1. The third kappa shape index (κ3) is 4.91. The van der Waals surface area contributed by atoms with E-state index in [1.54, 1.807) is 18.2 Å². The van der Waals surface area contributed by atoms with Crippen molar-refractivity contribution in [3.63, 3.8) is 0 Å². The molecule has 2 aromatic carbocycles. The van der Waals surface area contributed by atoms with Crippen LogP contribution in [0.25, 0.3) is 0 Å². The first-order valence-corrected chi connectivity index (χ1v) is 9.18. The van der Waals surface area contributed by atoms with Gasteiger partial charge in [-0.05, 0) is 64.1 Å². The fourth-order valence-electron chi connectivity index (χ4n) is 2.76. The number of rotatable bonds is 9. The number of carbonyl (C=O) groups is 1. The van der Waals surface area contributed by atoms with Crippen LogP contribution in [0.2, 0.25) is 0 Å². The quantitative estimate of drug-likeness (QED) is 0.714. The van der Waals surface area contributed by atoms with Gasteiger partial charge in [0.05, 0.1) is 18.8 Å². The first-order valence-electron chi connectivity index (χ1n) is 9.18. The lowest BCUT2D eigenvalue weighted by Crippen LogP contribution is -2.21. The molecular weight excluding hydrogens is 328 g/mol. The molecule has 5 nitrogen and oxygen atoms in total. The van der Waals surface area contributed by atoms with Gasteiger partial charge in [-0.25, -0.2) is 0 Å². The molecule has 0 aromatic heterocycles. The van der Waals surface area contributed by atoms with Gasteiger partial charge in [-0.15, -0.1) is 0 Å². The summed E-state index contributed by atoms with van der Waals surface area (Å²) in [7, 11) is 0. The van der Waals surface area contributed by atoms with Gasteiger partial charge in [0, 0.05) is 30.5 Å². The van der Waals surface area contributed by atoms with E-state index < -0.39 is 0 Å². The summed E-state index contributed by atoms with van der Waals surface area (Å²) in [6.45, 7) is 11.0. The highest BCUT2D eigenvalue weighted by molar-refractivity contribution is 6.06. The summed E-state index contributed by atoms with van der Waals surface area (Å²) in [6, 6.07) is 13.1. The number of benzene rings is 2. The lowest BCUT2D eigenvalue weighted by Gasteiger charge is -2.21. The average Bonchev–Trinajstić information content (AvgIpc) is 2.65. The first-order chi connectivity index (χ1) is 12.6. The molecule has 0 saturated heterocycles. The van der Waals surface area contributed by atoms with Crippen molar-refractivity contribution in [2.45, 2.75) is 27.7 Å². The number of anilines is 2. The van der Waals surface area contributed by atoms with E-state index in [9.17, 15) is 4.79 Å². The monoisotopic (exact) mass is 356 g/mol. The molecule has 0 atom stereocenters. The highest BCUT2D eigenvalue weighted by Crippen LogP contribution is 2.26. The van der Waals surface area contributed by atoms with Crippen LogP contribution in [0.5, 0.6) is 11.5 Å². The molecule has 5 heteroatoms. The van der Waals surface area contributed by atoms with E-state index >= 15 is 0 Å². The minimum atomic E-state index is -0.202. The molecule has 0 spiro atoms. The predicted octanol–water partition coefficient (Wildman–Crippen LogP) is 4.58. The summed E-state index contributed by atoms with van der Waals surface area (Å²) >= 11 is 0. The number of hydrogen-bond donors (Lipinski definition) is 1. The summed E-state index contributed by atoms with van der Waals surface area (Å²) in [5.41, 5.74) is 2.38. The van der Waals surface area contributed by atoms with Crippen LogP contribution in [0.1, 0.15) is 38.1 Å². The first kappa shape index (κ1) is 19.6. The summed E-state index contributed by atoms with van der Waals surface area (Å²) in [5.74, 6) is 1.01. The van der Waals surface area contributed by atoms with Crippen molar-refractivity contribution in [3.8, 4) is 11.5 Å². The van der Waals surface area contributed by atoms with E-state index in [2.05, 4.69) is 24.1 Å². The Labute approximate surface area is 155 Å². The van der Waals surface area contributed by atoms with E-state index in [0.29, 0.717) is 30.3 Å². The molecular formula is C21H28N2O3. The molecule has 1 N–H and O–H groups in total. The Kier molecular flexibility index (Phi) is 7.33.